The molecule has 128 valence electrons. The smallest absolute Gasteiger partial charge is 0.315 e. The van der Waals surface area contributed by atoms with Gasteiger partial charge in [0.25, 0.3) is 0 Å². The second-order valence-corrected chi connectivity index (χ2v) is 5.69. The van der Waals surface area contributed by atoms with Crippen LogP contribution in [-0.2, 0) is 6.54 Å². The Morgan fingerprint density at radius 3 is 2.62 bits per heavy atom. The van der Waals surface area contributed by atoms with Gasteiger partial charge in [-0.05, 0) is 54.8 Å². The Labute approximate surface area is 146 Å². The first kappa shape index (κ1) is 18.1. The van der Waals surface area contributed by atoms with Gasteiger partial charge in [0, 0.05) is 18.1 Å². The quantitative estimate of drug-likeness (QED) is 0.703. The van der Waals surface area contributed by atoms with Gasteiger partial charge >= 0.3 is 6.03 Å². The SMILES string of the molecule is O=C(NCCCCOc1ccc(F)cc1)NCc1cccc(Cl)c1. The highest BCUT2D eigenvalue weighted by Crippen LogP contribution is 2.11. The molecular weight excluding hydrogens is 331 g/mol. The fourth-order valence-corrected chi connectivity index (χ4v) is 2.25. The molecule has 2 amide bonds. The molecule has 0 bridgehead atoms. The second-order valence-electron chi connectivity index (χ2n) is 5.25. The Kier molecular flexibility index (Phi) is 7.36. The third kappa shape index (κ3) is 6.87. The van der Waals surface area contributed by atoms with Crippen molar-refractivity contribution in [3.8, 4) is 5.75 Å². The molecule has 0 aliphatic carbocycles. The van der Waals surface area contributed by atoms with E-state index in [1.165, 1.54) is 12.1 Å². The summed E-state index contributed by atoms with van der Waals surface area (Å²) >= 11 is 5.89. The van der Waals surface area contributed by atoms with Gasteiger partial charge < -0.3 is 15.4 Å². The van der Waals surface area contributed by atoms with Crippen LogP contribution in [0.1, 0.15) is 18.4 Å². The Morgan fingerprint density at radius 1 is 1.08 bits per heavy atom. The van der Waals surface area contributed by atoms with Crippen molar-refractivity contribution in [2.75, 3.05) is 13.2 Å². The van der Waals surface area contributed by atoms with E-state index in [9.17, 15) is 9.18 Å². The van der Waals surface area contributed by atoms with E-state index < -0.39 is 0 Å². The number of rotatable bonds is 8. The molecule has 0 saturated heterocycles. The third-order valence-electron chi connectivity index (χ3n) is 3.28. The molecule has 0 unspecified atom stereocenters. The Hall–Kier alpha value is -2.27. The van der Waals surface area contributed by atoms with E-state index in [4.69, 9.17) is 16.3 Å². The van der Waals surface area contributed by atoms with Gasteiger partial charge in [-0.25, -0.2) is 9.18 Å². The van der Waals surface area contributed by atoms with Crippen molar-refractivity contribution >= 4 is 17.6 Å². The minimum Gasteiger partial charge on any atom is -0.494 e. The zero-order chi connectivity index (χ0) is 17.2. The average molecular weight is 351 g/mol. The number of ether oxygens (including phenoxy) is 1. The van der Waals surface area contributed by atoms with Gasteiger partial charge in [-0.1, -0.05) is 23.7 Å². The first-order valence-corrected chi connectivity index (χ1v) is 8.16. The van der Waals surface area contributed by atoms with E-state index in [0.717, 1.165) is 18.4 Å². The summed E-state index contributed by atoms with van der Waals surface area (Å²) in [6, 6.07) is 13.1. The summed E-state index contributed by atoms with van der Waals surface area (Å²) in [6.45, 7) is 1.52. The standard InChI is InChI=1S/C18H20ClFN2O2/c19-15-5-3-4-14(12-15)13-22-18(23)21-10-1-2-11-24-17-8-6-16(20)7-9-17/h3-9,12H,1-2,10-11,13H2,(H2,21,22,23). The van der Waals surface area contributed by atoms with Crippen LogP contribution in [0, 0.1) is 5.82 Å². The molecule has 0 fully saturated rings. The molecule has 2 rings (SSSR count). The summed E-state index contributed by atoms with van der Waals surface area (Å²) in [7, 11) is 0. The third-order valence-corrected chi connectivity index (χ3v) is 3.52. The average Bonchev–Trinajstić information content (AvgIpc) is 2.58. The molecule has 2 N–H and O–H groups in total. The number of hydrogen-bond acceptors (Lipinski definition) is 2. The van der Waals surface area contributed by atoms with Crippen LogP contribution in [0.5, 0.6) is 5.75 Å². The van der Waals surface area contributed by atoms with Gasteiger partial charge in [-0.15, -0.1) is 0 Å². The molecule has 6 heteroatoms. The molecule has 0 spiro atoms. The predicted molar refractivity (Wildman–Crippen MR) is 92.8 cm³/mol. The van der Waals surface area contributed by atoms with E-state index in [2.05, 4.69) is 10.6 Å². The molecule has 0 radical (unpaired) electrons. The lowest BCUT2D eigenvalue weighted by molar-refractivity contribution is 0.239. The molecule has 0 aliphatic rings. The summed E-state index contributed by atoms with van der Waals surface area (Å²) < 4.78 is 18.2. The van der Waals surface area contributed by atoms with Crippen molar-refractivity contribution in [2.24, 2.45) is 0 Å². The van der Waals surface area contributed by atoms with E-state index in [-0.39, 0.29) is 11.8 Å². The number of halogens is 2. The molecule has 2 aromatic carbocycles. The normalized spacial score (nSPS) is 10.2. The second kappa shape index (κ2) is 9.78. The van der Waals surface area contributed by atoms with Crippen molar-refractivity contribution in [1.29, 1.82) is 0 Å². The van der Waals surface area contributed by atoms with Gasteiger partial charge in [0.15, 0.2) is 0 Å². The highest BCUT2D eigenvalue weighted by Gasteiger charge is 2.01. The van der Waals surface area contributed by atoms with E-state index in [1.807, 2.05) is 18.2 Å². The molecule has 4 nitrogen and oxygen atoms in total. The summed E-state index contributed by atoms with van der Waals surface area (Å²) in [5.74, 6) is 0.360. The number of urea groups is 1. The Morgan fingerprint density at radius 2 is 1.88 bits per heavy atom. The zero-order valence-electron chi connectivity index (χ0n) is 13.2. The maximum absolute atomic E-state index is 12.7. The van der Waals surface area contributed by atoms with E-state index >= 15 is 0 Å². The van der Waals surface area contributed by atoms with Crippen molar-refractivity contribution in [3.63, 3.8) is 0 Å². The van der Waals surface area contributed by atoms with Crippen LogP contribution < -0.4 is 15.4 Å². The molecule has 24 heavy (non-hydrogen) atoms. The molecule has 0 saturated carbocycles. The van der Waals surface area contributed by atoms with E-state index in [0.29, 0.717) is 30.5 Å². The van der Waals surface area contributed by atoms with Crippen LogP contribution in [0.3, 0.4) is 0 Å². The van der Waals surface area contributed by atoms with Crippen LogP contribution in [-0.4, -0.2) is 19.2 Å². The van der Waals surface area contributed by atoms with Crippen LogP contribution in [0.4, 0.5) is 9.18 Å². The lowest BCUT2D eigenvalue weighted by Gasteiger charge is -2.09. The lowest BCUT2D eigenvalue weighted by atomic mass is 10.2. The lowest BCUT2D eigenvalue weighted by Crippen LogP contribution is -2.35. The van der Waals surface area contributed by atoms with Crippen LogP contribution in [0.2, 0.25) is 5.02 Å². The fraction of sp³-hybridized carbons (Fsp3) is 0.278. The highest BCUT2D eigenvalue weighted by atomic mass is 35.5. The number of carbonyl (C=O) groups excluding carboxylic acids is 1. The van der Waals surface area contributed by atoms with Gasteiger partial charge in [0.05, 0.1) is 6.61 Å². The maximum Gasteiger partial charge on any atom is 0.315 e. The number of amides is 2. The number of carbonyl (C=O) groups is 1. The van der Waals surface area contributed by atoms with Crippen LogP contribution in [0.15, 0.2) is 48.5 Å². The molecule has 0 aromatic heterocycles. The predicted octanol–water partition coefficient (Wildman–Crippen LogP) is 4.14. The number of benzene rings is 2. The molecule has 0 aliphatic heterocycles. The molecule has 0 heterocycles. The molecular formula is C18H20ClFN2O2. The molecule has 2 aromatic rings. The first-order chi connectivity index (χ1) is 11.6. The summed E-state index contributed by atoms with van der Waals surface area (Å²) in [5, 5.41) is 6.21. The van der Waals surface area contributed by atoms with Crippen LogP contribution >= 0.6 is 11.6 Å². The first-order valence-electron chi connectivity index (χ1n) is 7.78. The van der Waals surface area contributed by atoms with Gasteiger partial charge in [-0.3, -0.25) is 0 Å². The van der Waals surface area contributed by atoms with Crippen molar-refractivity contribution in [1.82, 2.24) is 10.6 Å². The highest BCUT2D eigenvalue weighted by molar-refractivity contribution is 6.30. The largest absolute Gasteiger partial charge is 0.494 e. The summed E-state index contributed by atoms with van der Waals surface area (Å²) in [6.07, 6.45) is 1.59. The minimum absolute atomic E-state index is 0.213. The van der Waals surface area contributed by atoms with Gasteiger partial charge in [0.2, 0.25) is 0 Å². The maximum atomic E-state index is 12.7. The van der Waals surface area contributed by atoms with E-state index in [1.54, 1.807) is 18.2 Å². The number of hydrogen-bond donors (Lipinski definition) is 2. The number of unbranched alkanes of at least 4 members (excludes halogenated alkanes) is 1. The Bertz CT molecular complexity index is 650. The summed E-state index contributed by atoms with van der Waals surface area (Å²) in [5.41, 5.74) is 0.949. The zero-order valence-corrected chi connectivity index (χ0v) is 14.0. The van der Waals surface area contributed by atoms with Gasteiger partial charge in [-0.2, -0.15) is 0 Å². The topological polar surface area (TPSA) is 50.4 Å². The summed E-state index contributed by atoms with van der Waals surface area (Å²) in [4.78, 5) is 11.7. The van der Waals surface area contributed by atoms with Gasteiger partial charge in [0.1, 0.15) is 11.6 Å². The molecule has 0 atom stereocenters. The van der Waals surface area contributed by atoms with Crippen molar-refractivity contribution in [2.45, 2.75) is 19.4 Å². The van der Waals surface area contributed by atoms with Crippen LogP contribution in [0.25, 0.3) is 0 Å². The fourth-order valence-electron chi connectivity index (χ4n) is 2.04. The van der Waals surface area contributed by atoms with Crippen molar-refractivity contribution in [3.05, 3.63) is 64.9 Å². The Balaban J connectivity index is 1.52. The minimum atomic E-state index is -0.282. The monoisotopic (exact) mass is 350 g/mol. The van der Waals surface area contributed by atoms with Crippen molar-refractivity contribution < 1.29 is 13.9 Å². The number of nitrogens with one attached hydrogen (secondary N) is 2.